The molecule has 0 atom stereocenters. The summed E-state index contributed by atoms with van der Waals surface area (Å²) >= 11 is 6.03. The molecule has 1 aliphatic heterocycles. The molecule has 0 aliphatic carbocycles. The van der Waals surface area contributed by atoms with Gasteiger partial charge in [0.05, 0.1) is 16.9 Å². The van der Waals surface area contributed by atoms with Crippen molar-refractivity contribution in [2.24, 2.45) is 5.92 Å². The fourth-order valence-corrected chi connectivity index (χ4v) is 2.86. The lowest BCUT2D eigenvalue weighted by atomic mass is 10.0. The molecule has 2 N–H and O–H groups in total. The lowest BCUT2D eigenvalue weighted by Crippen LogP contribution is -2.20. The highest BCUT2D eigenvalue weighted by Gasteiger charge is 2.16. The highest BCUT2D eigenvalue weighted by molar-refractivity contribution is 6.33. The van der Waals surface area contributed by atoms with E-state index in [1.54, 1.807) is 12.3 Å². The predicted octanol–water partition coefficient (Wildman–Crippen LogP) is 3.35. The van der Waals surface area contributed by atoms with Crippen molar-refractivity contribution < 1.29 is 9.13 Å². The summed E-state index contributed by atoms with van der Waals surface area (Å²) in [7, 11) is 0. The van der Waals surface area contributed by atoms with Gasteiger partial charge in [-0.1, -0.05) is 17.7 Å². The minimum atomic E-state index is -0.577. The number of rotatable bonds is 3. The Morgan fingerprint density at radius 2 is 2.14 bits per heavy atom. The summed E-state index contributed by atoms with van der Waals surface area (Å²) in [5.74, 6) is -0.00327. The molecule has 1 aliphatic rings. The van der Waals surface area contributed by atoms with Gasteiger partial charge in [-0.15, -0.1) is 0 Å². The number of hydrogen-bond acceptors (Lipinski definition) is 3. The molecule has 21 heavy (non-hydrogen) atoms. The Morgan fingerprint density at radius 3 is 2.90 bits per heavy atom. The zero-order valence-electron chi connectivity index (χ0n) is 11.6. The third-order valence-corrected chi connectivity index (χ3v) is 4.21. The number of benzene rings is 1. The minimum absolute atomic E-state index is 0.0422. The van der Waals surface area contributed by atoms with Crippen molar-refractivity contribution in [3.05, 3.63) is 35.4 Å². The highest BCUT2D eigenvalue weighted by Crippen LogP contribution is 2.32. The fraction of sp³-hybridized carbons (Fsp3) is 0.400. The summed E-state index contributed by atoms with van der Waals surface area (Å²) in [6.07, 6.45) is 5.70. The van der Waals surface area contributed by atoms with Crippen molar-refractivity contribution in [1.29, 1.82) is 0 Å². The van der Waals surface area contributed by atoms with Gasteiger partial charge in [-0.25, -0.2) is 4.39 Å². The predicted molar refractivity (Wildman–Crippen MR) is 80.6 cm³/mol. The first-order chi connectivity index (χ1) is 10.1. The van der Waals surface area contributed by atoms with Gasteiger partial charge in [-0.2, -0.15) is 5.10 Å². The van der Waals surface area contributed by atoms with E-state index in [4.69, 9.17) is 22.1 Å². The van der Waals surface area contributed by atoms with Gasteiger partial charge >= 0.3 is 0 Å². The Bertz CT molecular complexity index is 638. The van der Waals surface area contributed by atoms with Crippen LogP contribution < -0.4 is 5.73 Å². The van der Waals surface area contributed by atoms with Crippen LogP contribution in [0.1, 0.15) is 12.8 Å². The molecule has 0 spiro atoms. The number of nitrogen functional groups attached to an aromatic ring is 1. The number of halogens is 2. The molecule has 0 amide bonds. The van der Waals surface area contributed by atoms with Gasteiger partial charge in [0, 0.05) is 37.1 Å². The van der Waals surface area contributed by atoms with Crippen LogP contribution in [0.15, 0.2) is 24.5 Å². The molecule has 6 heteroatoms. The van der Waals surface area contributed by atoms with Crippen LogP contribution in [0.3, 0.4) is 0 Å². The van der Waals surface area contributed by atoms with Crippen LogP contribution in [0.4, 0.5) is 10.1 Å². The number of ether oxygens (including phenoxy) is 1. The van der Waals surface area contributed by atoms with E-state index in [1.807, 2.05) is 10.9 Å². The molecule has 1 fully saturated rings. The van der Waals surface area contributed by atoms with E-state index in [9.17, 15) is 4.39 Å². The van der Waals surface area contributed by atoms with E-state index >= 15 is 0 Å². The first-order valence-corrected chi connectivity index (χ1v) is 7.37. The van der Waals surface area contributed by atoms with Crippen LogP contribution in [0.2, 0.25) is 5.02 Å². The first kappa shape index (κ1) is 14.4. The molecule has 1 aromatic carbocycles. The number of nitrogens with zero attached hydrogens (tertiary/aromatic N) is 2. The van der Waals surface area contributed by atoms with Gasteiger partial charge in [0.1, 0.15) is 0 Å². The van der Waals surface area contributed by atoms with Crippen molar-refractivity contribution in [3.8, 4) is 11.1 Å². The number of nitrogens with two attached hydrogens (primary N) is 1. The van der Waals surface area contributed by atoms with Gasteiger partial charge in [0.15, 0.2) is 5.82 Å². The van der Waals surface area contributed by atoms with Crippen molar-refractivity contribution in [2.75, 3.05) is 18.9 Å². The number of aromatic nitrogens is 2. The molecule has 0 unspecified atom stereocenters. The molecule has 4 nitrogen and oxygen atoms in total. The molecular weight excluding hydrogens is 293 g/mol. The van der Waals surface area contributed by atoms with Crippen LogP contribution in [0, 0.1) is 11.7 Å². The molecule has 2 aromatic rings. The quantitative estimate of drug-likeness (QED) is 0.885. The van der Waals surface area contributed by atoms with E-state index in [0.29, 0.717) is 11.5 Å². The first-order valence-electron chi connectivity index (χ1n) is 6.99. The van der Waals surface area contributed by atoms with E-state index < -0.39 is 5.82 Å². The smallest absolute Gasteiger partial charge is 0.165 e. The van der Waals surface area contributed by atoms with Crippen molar-refractivity contribution >= 4 is 17.3 Å². The van der Waals surface area contributed by atoms with E-state index in [2.05, 4.69) is 5.10 Å². The zero-order valence-corrected chi connectivity index (χ0v) is 12.3. The lowest BCUT2D eigenvalue weighted by molar-refractivity contribution is 0.0601. The summed E-state index contributed by atoms with van der Waals surface area (Å²) in [4.78, 5) is 0. The molecule has 1 saturated heterocycles. The maximum absolute atomic E-state index is 13.8. The minimum Gasteiger partial charge on any atom is -0.396 e. The van der Waals surface area contributed by atoms with E-state index in [0.717, 1.165) is 38.2 Å². The van der Waals surface area contributed by atoms with E-state index in [-0.39, 0.29) is 10.7 Å². The average Bonchev–Trinajstić information content (AvgIpc) is 2.94. The summed E-state index contributed by atoms with van der Waals surface area (Å²) in [5, 5.41) is 4.39. The number of hydrogen-bond donors (Lipinski definition) is 1. The van der Waals surface area contributed by atoms with Crippen molar-refractivity contribution in [3.63, 3.8) is 0 Å². The lowest BCUT2D eigenvalue weighted by Gasteiger charge is -2.21. The molecule has 1 aromatic heterocycles. The van der Waals surface area contributed by atoms with Crippen LogP contribution in [0.5, 0.6) is 0 Å². The van der Waals surface area contributed by atoms with Crippen molar-refractivity contribution in [1.82, 2.24) is 9.78 Å². The normalized spacial score (nSPS) is 16.3. The Balaban J connectivity index is 1.80. The van der Waals surface area contributed by atoms with Crippen LogP contribution in [-0.4, -0.2) is 23.0 Å². The molecule has 112 valence electrons. The second kappa shape index (κ2) is 6.03. The van der Waals surface area contributed by atoms with Crippen molar-refractivity contribution in [2.45, 2.75) is 19.4 Å². The average molecular weight is 310 g/mol. The molecule has 0 radical (unpaired) electrons. The van der Waals surface area contributed by atoms with Crippen LogP contribution in [-0.2, 0) is 11.3 Å². The topological polar surface area (TPSA) is 53.1 Å². The van der Waals surface area contributed by atoms with Gasteiger partial charge < -0.3 is 10.5 Å². The Morgan fingerprint density at radius 1 is 1.38 bits per heavy atom. The third kappa shape index (κ3) is 3.04. The standard InChI is InChI=1S/C15H17ClFN3O/c16-14-12(1-2-13(18)15(14)17)11-7-19-20(9-11)8-10-3-5-21-6-4-10/h1-2,7,9-10H,3-6,8,18H2. The molecular formula is C15H17ClFN3O. The monoisotopic (exact) mass is 309 g/mol. The highest BCUT2D eigenvalue weighted by atomic mass is 35.5. The Hall–Kier alpha value is -1.59. The SMILES string of the molecule is Nc1ccc(-c2cnn(CC3CCOCC3)c2)c(Cl)c1F. The summed E-state index contributed by atoms with van der Waals surface area (Å²) in [6.45, 7) is 2.47. The van der Waals surface area contributed by atoms with Crippen LogP contribution >= 0.6 is 11.6 Å². The summed E-state index contributed by atoms with van der Waals surface area (Å²) < 4.78 is 21.0. The van der Waals surface area contributed by atoms with Gasteiger partial charge in [0.2, 0.25) is 0 Å². The maximum Gasteiger partial charge on any atom is 0.165 e. The van der Waals surface area contributed by atoms with Gasteiger partial charge in [0.25, 0.3) is 0 Å². The van der Waals surface area contributed by atoms with E-state index in [1.165, 1.54) is 6.07 Å². The summed E-state index contributed by atoms with van der Waals surface area (Å²) in [6, 6.07) is 3.24. The second-order valence-electron chi connectivity index (χ2n) is 5.34. The Labute approximate surface area is 127 Å². The fourth-order valence-electron chi connectivity index (χ4n) is 2.58. The summed E-state index contributed by atoms with van der Waals surface area (Å²) in [5.41, 5.74) is 6.97. The van der Waals surface area contributed by atoms with Gasteiger partial charge in [-0.05, 0) is 24.8 Å². The maximum atomic E-state index is 13.8. The second-order valence-corrected chi connectivity index (χ2v) is 5.72. The molecule has 3 rings (SSSR count). The van der Waals surface area contributed by atoms with Gasteiger partial charge in [-0.3, -0.25) is 4.68 Å². The molecule has 0 saturated carbocycles. The third-order valence-electron chi connectivity index (χ3n) is 3.84. The molecule has 2 heterocycles. The number of anilines is 1. The molecule has 0 bridgehead atoms. The zero-order chi connectivity index (χ0) is 14.8. The largest absolute Gasteiger partial charge is 0.396 e. The van der Waals surface area contributed by atoms with Crippen LogP contribution in [0.25, 0.3) is 11.1 Å². The Kier molecular flexibility index (Phi) is 4.12.